The molecule has 0 aliphatic heterocycles. The van der Waals surface area contributed by atoms with Gasteiger partial charge in [0.25, 0.3) is 0 Å². The summed E-state index contributed by atoms with van der Waals surface area (Å²) in [4.78, 5) is 7.35. The van der Waals surface area contributed by atoms with Crippen molar-refractivity contribution < 1.29 is 0 Å². The summed E-state index contributed by atoms with van der Waals surface area (Å²) < 4.78 is 0. The number of allylic oxidation sites excluding steroid dienone is 1. The lowest BCUT2D eigenvalue weighted by molar-refractivity contribution is 0.813. The van der Waals surface area contributed by atoms with Crippen molar-refractivity contribution in [3.63, 3.8) is 0 Å². The summed E-state index contributed by atoms with van der Waals surface area (Å²) in [6.45, 7) is 0. The summed E-state index contributed by atoms with van der Waals surface area (Å²) in [6.07, 6.45) is 5.61. The summed E-state index contributed by atoms with van der Waals surface area (Å²) >= 11 is 0. The van der Waals surface area contributed by atoms with Crippen LogP contribution in [0.4, 0.5) is 5.69 Å². The molecule has 0 spiro atoms. The van der Waals surface area contributed by atoms with Crippen LogP contribution in [0.3, 0.4) is 0 Å². The third-order valence-corrected chi connectivity index (χ3v) is 6.21. The summed E-state index contributed by atoms with van der Waals surface area (Å²) in [5.74, 6) is 0. The molecule has 1 heterocycles. The number of hydrogen-bond donors (Lipinski definition) is 0. The van der Waals surface area contributed by atoms with E-state index in [2.05, 4.69) is 116 Å². The Bertz CT molecular complexity index is 1240. The lowest BCUT2D eigenvalue weighted by atomic mass is 9.84. The third-order valence-electron chi connectivity index (χ3n) is 6.21. The molecule has 0 fully saturated rings. The van der Waals surface area contributed by atoms with Gasteiger partial charge in [-0.3, -0.25) is 0 Å². The molecule has 0 amide bonds. The maximum atomic E-state index is 5.22. The molecular formula is C30H28N2. The number of aromatic nitrogens is 1. The van der Waals surface area contributed by atoms with Gasteiger partial charge >= 0.3 is 0 Å². The van der Waals surface area contributed by atoms with Crippen molar-refractivity contribution in [2.75, 3.05) is 19.0 Å². The minimum absolute atomic E-state index is 1.04. The highest BCUT2D eigenvalue weighted by molar-refractivity contribution is 5.87. The highest BCUT2D eigenvalue weighted by Gasteiger charge is 2.21. The molecule has 0 bridgehead atoms. The summed E-state index contributed by atoms with van der Waals surface area (Å²) in [7, 11) is 4.15. The summed E-state index contributed by atoms with van der Waals surface area (Å²) in [5.41, 5.74) is 11.1. The van der Waals surface area contributed by atoms with Crippen LogP contribution in [0.1, 0.15) is 29.7 Å². The molecule has 0 atom stereocenters. The van der Waals surface area contributed by atoms with Crippen molar-refractivity contribution in [1.82, 2.24) is 4.98 Å². The Hall–Kier alpha value is -3.65. The van der Waals surface area contributed by atoms with E-state index in [-0.39, 0.29) is 0 Å². The molecule has 0 unspecified atom stereocenters. The average Bonchev–Trinajstić information content (AvgIpc) is 2.85. The van der Waals surface area contributed by atoms with Crippen LogP contribution >= 0.6 is 0 Å². The lowest BCUT2D eigenvalue weighted by Crippen LogP contribution is -2.08. The number of benzene rings is 3. The van der Waals surface area contributed by atoms with Crippen LogP contribution in [0.25, 0.3) is 34.0 Å². The first-order valence-electron chi connectivity index (χ1n) is 11.3. The lowest BCUT2D eigenvalue weighted by Gasteiger charge is -2.23. The van der Waals surface area contributed by atoms with Crippen LogP contribution in [0.2, 0.25) is 0 Å². The predicted octanol–water partition coefficient (Wildman–Crippen LogP) is 7.36. The molecule has 0 saturated heterocycles. The van der Waals surface area contributed by atoms with Gasteiger partial charge in [-0.25, -0.2) is 4.98 Å². The SMILES string of the molecule is CN(C)c1ccc(/C=C2/CCCc3c(-c4ccccc4)cc(-c4ccccc4)nc32)cc1. The van der Waals surface area contributed by atoms with E-state index in [1.54, 1.807) is 0 Å². The molecule has 0 saturated carbocycles. The average molecular weight is 417 g/mol. The Morgan fingerprint density at radius 1 is 0.750 bits per heavy atom. The monoisotopic (exact) mass is 416 g/mol. The molecule has 0 N–H and O–H groups in total. The first-order valence-corrected chi connectivity index (χ1v) is 11.3. The Morgan fingerprint density at radius 2 is 1.41 bits per heavy atom. The molecular weight excluding hydrogens is 388 g/mol. The van der Waals surface area contributed by atoms with Gasteiger partial charge in [-0.2, -0.15) is 0 Å². The van der Waals surface area contributed by atoms with Crippen molar-refractivity contribution in [2.45, 2.75) is 19.3 Å². The molecule has 0 radical (unpaired) electrons. The van der Waals surface area contributed by atoms with Crippen LogP contribution in [0.5, 0.6) is 0 Å². The first-order chi connectivity index (χ1) is 15.7. The van der Waals surface area contributed by atoms with E-state index in [1.165, 1.54) is 33.5 Å². The van der Waals surface area contributed by atoms with E-state index in [1.807, 2.05) is 0 Å². The molecule has 32 heavy (non-hydrogen) atoms. The number of hydrogen-bond acceptors (Lipinski definition) is 2. The fourth-order valence-electron chi connectivity index (χ4n) is 4.51. The van der Waals surface area contributed by atoms with Gasteiger partial charge in [0.15, 0.2) is 0 Å². The van der Waals surface area contributed by atoms with Crippen molar-refractivity contribution >= 4 is 17.3 Å². The fraction of sp³-hybridized carbons (Fsp3) is 0.167. The predicted molar refractivity (Wildman–Crippen MR) is 137 cm³/mol. The smallest absolute Gasteiger partial charge is 0.0715 e. The quantitative estimate of drug-likeness (QED) is 0.345. The van der Waals surface area contributed by atoms with Crippen molar-refractivity contribution in [3.8, 4) is 22.4 Å². The zero-order chi connectivity index (χ0) is 21.9. The van der Waals surface area contributed by atoms with Crippen molar-refractivity contribution in [2.24, 2.45) is 0 Å². The molecule has 4 aromatic rings. The largest absolute Gasteiger partial charge is 0.378 e. The molecule has 5 rings (SSSR count). The van der Waals surface area contributed by atoms with Gasteiger partial charge in [-0.1, -0.05) is 72.8 Å². The van der Waals surface area contributed by atoms with Gasteiger partial charge in [0.05, 0.1) is 11.4 Å². The number of anilines is 1. The van der Waals surface area contributed by atoms with E-state index in [4.69, 9.17) is 4.98 Å². The van der Waals surface area contributed by atoms with Crippen LogP contribution in [0, 0.1) is 0 Å². The van der Waals surface area contributed by atoms with E-state index in [0.29, 0.717) is 0 Å². The van der Waals surface area contributed by atoms with E-state index >= 15 is 0 Å². The van der Waals surface area contributed by atoms with Crippen LogP contribution < -0.4 is 4.90 Å². The normalized spacial score (nSPS) is 14.2. The number of rotatable bonds is 4. The highest BCUT2D eigenvalue weighted by atomic mass is 15.1. The Morgan fingerprint density at radius 3 is 2.06 bits per heavy atom. The number of nitrogens with zero attached hydrogens (tertiary/aromatic N) is 2. The van der Waals surface area contributed by atoms with Crippen molar-refractivity contribution in [1.29, 1.82) is 0 Å². The zero-order valence-electron chi connectivity index (χ0n) is 18.8. The Kier molecular flexibility index (Phi) is 5.60. The molecule has 3 aromatic carbocycles. The van der Waals surface area contributed by atoms with Gasteiger partial charge < -0.3 is 4.90 Å². The van der Waals surface area contributed by atoms with E-state index < -0.39 is 0 Å². The van der Waals surface area contributed by atoms with E-state index in [0.717, 1.165) is 36.2 Å². The second-order valence-corrected chi connectivity index (χ2v) is 8.62. The third kappa shape index (κ3) is 4.09. The van der Waals surface area contributed by atoms with Gasteiger partial charge in [0.2, 0.25) is 0 Å². The second kappa shape index (κ2) is 8.84. The minimum Gasteiger partial charge on any atom is -0.378 e. The second-order valence-electron chi connectivity index (χ2n) is 8.62. The van der Waals surface area contributed by atoms with Crippen LogP contribution in [-0.4, -0.2) is 19.1 Å². The molecule has 1 aromatic heterocycles. The number of fused-ring (bicyclic) bond motifs is 1. The molecule has 1 aliphatic rings. The van der Waals surface area contributed by atoms with Crippen LogP contribution in [-0.2, 0) is 6.42 Å². The summed E-state index contributed by atoms with van der Waals surface area (Å²) in [5, 5.41) is 0. The molecule has 2 heteroatoms. The van der Waals surface area contributed by atoms with Gasteiger partial charge in [0, 0.05) is 25.3 Å². The topological polar surface area (TPSA) is 16.1 Å². The molecule has 158 valence electrons. The maximum absolute atomic E-state index is 5.22. The van der Waals surface area contributed by atoms with Gasteiger partial charge in [0.1, 0.15) is 0 Å². The maximum Gasteiger partial charge on any atom is 0.0715 e. The van der Waals surface area contributed by atoms with Gasteiger partial charge in [-0.15, -0.1) is 0 Å². The standard InChI is InChI=1S/C30H28N2/c1-32(2)26-18-16-22(17-19-26)20-25-14-9-15-27-28(23-10-5-3-6-11-23)21-29(31-30(25)27)24-12-7-4-8-13-24/h3-8,10-13,16-21H,9,14-15H2,1-2H3/b25-20-. The molecule has 1 aliphatic carbocycles. The van der Waals surface area contributed by atoms with Crippen molar-refractivity contribution in [3.05, 3.63) is 108 Å². The molecule has 2 nitrogen and oxygen atoms in total. The van der Waals surface area contributed by atoms with Crippen LogP contribution in [0.15, 0.2) is 91.0 Å². The minimum atomic E-state index is 1.04. The fourth-order valence-corrected chi connectivity index (χ4v) is 4.51. The Balaban J connectivity index is 1.66. The van der Waals surface area contributed by atoms with Gasteiger partial charge in [-0.05, 0) is 71.4 Å². The highest BCUT2D eigenvalue weighted by Crippen LogP contribution is 2.39. The zero-order valence-corrected chi connectivity index (χ0v) is 18.8. The summed E-state index contributed by atoms with van der Waals surface area (Å²) in [6, 6.07) is 32.3. The van der Waals surface area contributed by atoms with E-state index in [9.17, 15) is 0 Å². The first kappa shape index (κ1) is 20.3. The Labute approximate surface area is 190 Å². The number of pyridine rings is 1.